The standard InChI is InChI=1S/C24H30N2O3S.ClH/c1-18(2)16-26-17-23(19-11-13-25(3)14-12-19)22-15-20(9-10-24(22)26)29-30(27,28)21-7-5-4-6-8-21;/h4-10,15,17-19H,11-14,16H2,1-3H3;1H. The van der Waals surface area contributed by atoms with Crippen LogP contribution in [-0.2, 0) is 16.7 Å². The predicted molar refractivity (Wildman–Crippen MR) is 128 cm³/mol. The first-order chi connectivity index (χ1) is 14.3. The summed E-state index contributed by atoms with van der Waals surface area (Å²) in [5.74, 6) is 1.38. The van der Waals surface area contributed by atoms with Crippen molar-refractivity contribution in [2.45, 2.75) is 44.0 Å². The molecule has 2 heterocycles. The van der Waals surface area contributed by atoms with Gasteiger partial charge >= 0.3 is 10.1 Å². The summed E-state index contributed by atoms with van der Waals surface area (Å²) < 4.78 is 33.2. The van der Waals surface area contributed by atoms with Gasteiger partial charge in [-0.25, -0.2) is 0 Å². The van der Waals surface area contributed by atoms with Crippen LogP contribution in [0.2, 0.25) is 0 Å². The summed E-state index contributed by atoms with van der Waals surface area (Å²) in [4.78, 5) is 2.53. The Balaban J connectivity index is 0.00000272. The lowest BCUT2D eigenvalue weighted by Crippen LogP contribution is -2.29. The lowest BCUT2D eigenvalue weighted by Gasteiger charge is -2.28. The molecule has 1 aliphatic rings. The number of hydrogen-bond donors (Lipinski definition) is 0. The van der Waals surface area contributed by atoms with Crippen LogP contribution in [0.25, 0.3) is 10.9 Å². The summed E-state index contributed by atoms with van der Waals surface area (Å²) in [5.41, 5.74) is 2.45. The van der Waals surface area contributed by atoms with E-state index in [4.69, 9.17) is 4.18 Å². The van der Waals surface area contributed by atoms with E-state index in [0.717, 1.165) is 43.4 Å². The maximum Gasteiger partial charge on any atom is 0.339 e. The van der Waals surface area contributed by atoms with E-state index in [9.17, 15) is 8.42 Å². The summed E-state index contributed by atoms with van der Waals surface area (Å²) in [5, 5.41) is 1.10. The van der Waals surface area contributed by atoms with Crippen molar-refractivity contribution in [3.63, 3.8) is 0 Å². The molecule has 1 aromatic heterocycles. The van der Waals surface area contributed by atoms with Crippen LogP contribution in [0, 0.1) is 5.92 Å². The number of benzene rings is 2. The van der Waals surface area contributed by atoms with E-state index >= 15 is 0 Å². The minimum Gasteiger partial charge on any atom is -0.379 e. The van der Waals surface area contributed by atoms with Crippen LogP contribution < -0.4 is 4.18 Å². The SMILES string of the molecule is CC(C)Cn1cc(C2CCN(C)CC2)c2cc(OS(=O)(=O)c3ccccc3)ccc21.Cl. The van der Waals surface area contributed by atoms with E-state index in [0.29, 0.717) is 17.6 Å². The molecule has 0 N–H and O–H groups in total. The van der Waals surface area contributed by atoms with Crippen LogP contribution in [0.4, 0.5) is 0 Å². The maximum atomic E-state index is 12.7. The van der Waals surface area contributed by atoms with Crippen LogP contribution in [0.3, 0.4) is 0 Å². The van der Waals surface area contributed by atoms with Gasteiger partial charge in [0.1, 0.15) is 10.6 Å². The zero-order valence-electron chi connectivity index (χ0n) is 18.3. The Hall–Kier alpha value is -2.02. The van der Waals surface area contributed by atoms with Crippen molar-refractivity contribution in [3.05, 3.63) is 60.3 Å². The van der Waals surface area contributed by atoms with E-state index in [1.165, 1.54) is 5.56 Å². The zero-order chi connectivity index (χ0) is 21.3. The smallest absolute Gasteiger partial charge is 0.339 e. The van der Waals surface area contributed by atoms with Gasteiger partial charge in [-0.3, -0.25) is 0 Å². The molecule has 168 valence electrons. The fraction of sp³-hybridized carbons (Fsp3) is 0.417. The highest BCUT2D eigenvalue weighted by Crippen LogP contribution is 2.36. The molecule has 0 spiro atoms. The third-order valence-electron chi connectivity index (χ3n) is 5.84. The lowest BCUT2D eigenvalue weighted by molar-refractivity contribution is 0.256. The predicted octanol–water partition coefficient (Wildman–Crippen LogP) is 5.30. The van der Waals surface area contributed by atoms with Crippen LogP contribution in [0.5, 0.6) is 5.75 Å². The van der Waals surface area contributed by atoms with Gasteiger partial charge in [0.15, 0.2) is 0 Å². The van der Waals surface area contributed by atoms with Gasteiger partial charge in [0.25, 0.3) is 0 Å². The van der Waals surface area contributed by atoms with Gasteiger partial charge in [0, 0.05) is 23.6 Å². The zero-order valence-corrected chi connectivity index (χ0v) is 20.0. The van der Waals surface area contributed by atoms with Gasteiger partial charge in [-0.15, -0.1) is 12.4 Å². The number of nitrogens with zero attached hydrogens (tertiary/aromatic N) is 2. The van der Waals surface area contributed by atoms with Gasteiger partial charge < -0.3 is 13.7 Å². The quantitative estimate of drug-likeness (QED) is 0.466. The average molecular weight is 463 g/mol. The molecule has 31 heavy (non-hydrogen) atoms. The van der Waals surface area contributed by atoms with Gasteiger partial charge in [0.2, 0.25) is 0 Å². The van der Waals surface area contributed by atoms with E-state index in [1.54, 1.807) is 36.4 Å². The first-order valence-electron chi connectivity index (χ1n) is 10.6. The van der Waals surface area contributed by atoms with Gasteiger partial charge in [-0.2, -0.15) is 8.42 Å². The van der Waals surface area contributed by atoms with Crippen LogP contribution in [-0.4, -0.2) is 38.0 Å². The van der Waals surface area contributed by atoms with Crippen molar-refractivity contribution in [1.29, 1.82) is 0 Å². The molecule has 1 aliphatic heterocycles. The van der Waals surface area contributed by atoms with Gasteiger partial charge in [0.05, 0.1) is 0 Å². The second kappa shape index (κ2) is 9.63. The molecular formula is C24H31ClN2O3S. The van der Waals surface area contributed by atoms with E-state index in [-0.39, 0.29) is 17.3 Å². The Kier molecular flexibility index (Phi) is 7.35. The second-order valence-electron chi connectivity index (χ2n) is 8.74. The Labute approximate surface area is 191 Å². The fourth-order valence-corrected chi connectivity index (χ4v) is 5.25. The van der Waals surface area contributed by atoms with E-state index < -0.39 is 10.1 Å². The molecule has 0 saturated carbocycles. The first kappa shape index (κ1) is 23.6. The third-order valence-corrected chi connectivity index (χ3v) is 7.10. The molecule has 3 aromatic rings. The van der Waals surface area contributed by atoms with Crippen molar-refractivity contribution < 1.29 is 12.6 Å². The number of aromatic nitrogens is 1. The monoisotopic (exact) mass is 462 g/mol. The fourth-order valence-electron chi connectivity index (χ4n) is 4.31. The highest BCUT2D eigenvalue weighted by molar-refractivity contribution is 7.87. The number of piperidine rings is 1. The highest BCUT2D eigenvalue weighted by atomic mass is 35.5. The summed E-state index contributed by atoms with van der Waals surface area (Å²) in [6, 6.07) is 13.9. The number of halogens is 1. The molecule has 0 atom stereocenters. The molecule has 4 rings (SSSR count). The van der Waals surface area contributed by atoms with Crippen LogP contribution in [0.1, 0.15) is 38.2 Å². The molecule has 2 aromatic carbocycles. The largest absolute Gasteiger partial charge is 0.379 e. The van der Waals surface area contributed by atoms with E-state index in [2.05, 4.69) is 36.6 Å². The molecule has 1 fully saturated rings. The van der Waals surface area contributed by atoms with Gasteiger partial charge in [-0.1, -0.05) is 32.0 Å². The average Bonchev–Trinajstić information content (AvgIpc) is 3.06. The van der Waals surface area contributed by atoms with Crippen LogP contribution >= 0.6 is 12.4 Å². The molecule has 0 radical (unpaired) electrons. The Morgan fingerprint density at radius 1 is 1.06 bits per heavy atom. The summed E-state index contributed by atoms with van der Waals surface area (Å²) in [6.07, 6.45) is 4.51. The van der Waals surface area contributed by atoms with Gasteiger partial charge in [-0.05, 0) is 80.7 Å². The minimum absolute atomic E-state index is 0. The molecule has 0 unspecified atom stereocenters. The summed E-state index contributed by atoms with van der Waals surface area (Å²) in [6.45, 7) is 7.53. The Morgan fingerprint density at radius 3 is 2.39 bits per heavy atom. The molecule has 5 nitrogen and oxygen atoms in total. The van der Waals surface area contributed by atoms with Crippen molar-refractivity contribution in [2.24, 2.45) is 5.92 Å². The van der Waals surface area contributed by atoms with Crippen molar-refractivity contribution in [3.8, 4) is 5.75 Å². The Bertz CT molecular complexity index is 1120. The Morgan fingerprint density at radius 2 is 1.74 bits per heavy atom. The van der Waals surface area contributed by atoms with Crippen LogP contribution in [0.15, 0.2) is 59.6 Å². The topological polar surface area (TPSA) is 51.5 Å². The summed E-state index contributed by atoms with van der Waals surface area (Å²) >= 11 is 0. The maximum absolute atomic E-state index is 12.7. The molecule has 1 saturated heterocycles. The second-order valence-corrected chi connectivity index (χ2v) is 10.3. The molecule has 7 heteroatoms. The third kappa shape index (κ3) is 5.25. The minimum atomic E-state index is -3.85. The highest BCUT2D eigenvalue weighted by Gasteiger charge is 2.24. The lowest BCUT2D eigenvalue weighted by atomic mass is 9.89. The molecule has 0 aliphatic carbocycles. The summed E-state index contributed by atoms with van der Waals surface area (Å²) in [7, 11) is -1.69. The molecule has 0 amide bonds. The number of hydrogen-bond acceptors (Lipinski definition) is 4. The molecule has 0 bridgehead atoms. The van der Waals surface area contributed by atoms with E-state index in [1.807, 2.05) is 12.1 Å². The number of fused-ring (bicyclic) bond motifs is 1. The molecular weight excluding hydrogens is 432 g/mol. The van der Waals surface area contributed by atoms with Crippen molar-refractivity contribution in [2.75, 3.05) is 20.1 Å². The normalized spacial score (nSPS) is 15.9. The first-order valence-corrected chi connectivity index (χ1v) is 12.0. The number of likely N-dealkylation sites (tertiary alicyclic amines) is 1. The van der Waals surface area contributed by atoms with Crippen molar-refractivity contribution in [1.82, 2.24) is 9.47 Å². The number of rotatable bonds is 6. The van der Waals surface area contributed by atoms with Crippen molar-refractivity contribution >= 4 is 33.4 Å².